The van der Waals surface area contributed by atoms with Crippen molar-refractivity contribution in [2.24, 2.45) is 0 Å². The second kappa shape index (κ2) is 9.56. The van der Waals surface area contributed by atoms with E-state index >= 15 is 0 Å². The Morgan fingerprint density at radius 2 is 1.08 bits per heavy atom. The molecule has 0 aliphatic rings. The number of carboxylic acid groups (broad SMARTS) is 2. The van der Waals surface area contributed by atoms with Crippen LogP contribution in [-0.2, 0) is 9.59 Å². The van der Waals surface area contributed by atoms with Crippen molar-refractivity contribution in [3.05, 3.63) is 71.8 Å². The molecular formula is C19H22N2O4. The maximum Gasteiger partial charge on any atom is 0.325 e. The second-order valence-electron chi connectivity index (χ2n) is 5.63. The average molecular weight is 342 g/mol. The number of hydrogen-bond acceptors (Lipinski definition) is 4. The fourth-order valence-corrected chi connectivity index (χ4v) is 2.57. The summed E-state index contributed by atoms with van der Waals surface area (Å²) in [5.74, 6) is -1.88. The molecule has 0 unspecified atom stereocenters. The van der Waals surface area contributed by atoms with Crippen LogP contribution in [0.1, 0.15) is 29.6 Å². The lowest BCUT2D eigenvalue weighted by atomic mass is 10.1. The van der Waals surface area contributed by atoms with Crippen molar-refractivity contribution in [2.45, 2.75) is 18.5 Å². The van der Waals surface area contributed by atoms with Gasteiger partial charge in [0.1, 0.15) is 12.1 Å². The standard InChI is InChI=1S/C19H22N2O4/c22-18(23)16(14-8-3-1-4-9-14)20-12-7-13-21-17(19(24)25)15-10-5-2-6-11-15/h1-6,8-11,16-17,20-21H,7,12-13H2,(H,22,23)(H,24,25)/t16-,17+. The molecule has 2 rings (SSSR count). The molecule has 0 spiro atoms. The number of carboxylic acids is 2. The summed E-state index contributed by atoms with van der Waals surface area (Å²) in [5, 5.41) is 24.7. The minimum absolute atomic E-state index is 0.458. The van der Waals surface area contributed by atoms with Crippen molar-refractivity contribution in [1.82, 2.24) is 10.6 Å². The number of hydrogen-bond donors (Lipinski definition) is 4. The molecule has 25 heavy (non-hydrogen) atoms. The molecule has 0 fully saturated rings. The van der Waals surface area contributed by atoms with E-state index in [4.69, 9.17) is 0 Å². The lowest BCUT2D eigenvalue weighted by Gasteiger charge is -2.17. The predicted molar refractivity (Wildman–Crippen MR) is 94.3 cm³/mol. The molecule has 6 nitrogen and oxygen atoms in total. The van der Waals surface area contributed by atoms with Gasteiger partial charge >= 0.3 is 11.9 Å². The van der Waals surface area contributed by atoms with Crippen LogP contribution >= 0.6 is 0 Å². The van der Waals surface area contributed by atoms with Gasteiger partial charge in [-0.05, 0) is 30.6 Å². The predicted octanol–water partition coefficient (Wildman–Crippen LogP) is 2.21. The molecule has 4 N–H and O–H groups in total. The summed E-state index contributed by atoms with van der Waals surface area (Å²) in [7, 11) is 0. The summed E-state index contributed by atoms with van der Waals surface area (Å²) in [6.45, 7) is 0.917. The van der Waals surface area contributed by atoms with E-state index in [9.17, 15) is 19.8 Å². The minimum atomic E-state index is -0.938. The van der Waals surface area contributed by atoms with Gasteiger partial charge in [-0.3, -0.25) is 9.59 Å². The van der Waals surface area contributed by atoms with Crippen molar-refractivity contribution in [2.75, 3.05) is 13.1 Å². The summed E-state index contributed by atoms with van der Waals surface area (Å²) in [6, 6.07) is 16.4. The first kappa shape index (κ1) is 18.6. The second-order valence-corrected chi connectivity index (χ2v) is 5.63. The molecular weight excluding hydrogens is 320 g/mol. The minimum Gasteiger partial charge on any atom is -0.480 e. The summed E-state index contributed by atoms with van der Waals surface area (Å²) >= 11 is 0. The first-order valence-corrected chi connectivity index (χ1v) is 8.12. The zero-order chi connectivity index (χ0) is 18.1. The molecule has 0 aromatic heterocycles. The van der Waals surface area contributed by atoms with Crippen LogP contribution in [0.15, 0.2) is 60.7 Å². The van der Waals surface area contributed by atoms with Gasteiger partial charge in [0.05, 0.1) is 0 Å². The lowest BCUT2D eigenvalue weighted by molar-refractivity contribution is -0.140. The lowest BCUT2D eigenvalue weighted by Crippen LogP contribution is -2.33. The molecule has 0 radical (unpaired) electrons. The van der Waals surface area contributed by atoms with E-state index in [2.05, 4.69) is 10.6 Å². The molecule has 0 saturated heterocycles. The Kier molecular flexibility index (Phi) is 7.13. The highest BCUT2D eigenvalue weighted by atomic mass is 16.4. The van der Waals surface area contributed by atoms with E-state index in [1.807, 2.05) is 12.1 Å². The van der Waals surface area contributed by atoms with Gasteiger partial charge in [0.2, 0.25) is 0 Å². The Morgan fingerprint density at radius 3 is 1.40 bits per heavy atom. The van der Waals surface area contributed by atoms with Crippen molar-refractivity contribution >= 4 is 11.9 Å². The van der Waals surface area contributed by atoms with Gasteiger partial charge in [-0.15, -0.1) is 0 Å². The zero-order valence-corrected chi connectivity index (χ0v) is 13.8. The summed E-state index contributed by atoms with van der Waals surface area (Å²) < 4.78 is 0. The Bertz CT molecular complexity index is 617. The van der Waals surface area contributed by atoms with Crippen molar-refractivity contribution < 1.29 is 19.8 Å². The smallest absolute Gasteiger partial charge is 0.325 e. The van der Waals surface area contributed by atoms with E-state index in [0.717, 1.165) is 0 Å². The van der Waals surface area contributed by atoms with E-state index < -0.39 is 24.0 Å². The highest BCUT2D eigenvalue weighted by Gasteiger charge is 2.20. The number of nitrogens with one attached hydrogen (secondary N) is 2. The maximum absolute atomic E-state index is 11.4. The van der Waals surface area contributed by atoms with Crippen LogP contribution in [0.4, 0.5) is 0 Å². The maximum atomic E-state index is 11.4. The molecule has 0 saturated carbocycles. The molecule has 0 bridgehead atoms. The van der Waals surface area contributed by atoms with E-state index in [-0.39, 0.29) is 0 Å². The number of benzene rings is 2. The van der Waals surface area contributed by atoms with Crippen LogP contribution < -0.4 is 10.6 Å². The molecule has 0 amide bonds. The normalized spacial score (nSPS) is 13.1. The van der Waals surface area contributed by atoms with Gasteiger partial charge in [0, 0.05) is 0 Å². The molecule has 0 aliphatic heterocycles. The van der Waals surface area contributed by atoms with Crippen molar-refractivity contribution in [1.29, 1.82) is 0 Å². The fourth-order valence-electron chi connectivity index (χ4n) is 2.57. The zero-order valence-electron chi connectivity index (χ0n) is 13.8. The van der Waals surface area contributed by atoms with Gasteiger partial charge in [-0.1, -0.05) is 60.7 Å². The molecule has 0 aliphatic carbocycles. The Labute approximate surface area is 146 Å². The first-order chi connectivity index (χ1) is 12.1. The van der Waals surface area contributed by atoms with Crippen LogP contribution in [0.2, 0.25) is 0 Å². The van der Waals surface area contributed by atoms with Crippen LogP contribution in [0.5, 0.6) is 0 Å². The van der Waals surface area contributed by atoms with Gasteiger partial charge in [-0.2, -0.15) is 0 Å². The van der Waals surface area contributed by atoms with Crippen molar-refractivity contribution in [3.8, 4) is 0 Å². The molecule has 2 atom stereocenters. The van der Waals surface area contributed by atoms with E-state index in [0.29, 0.717) is 30.6 Å². The van der Waals surface area contributed by atoms with E-state index in [1.54, 1.807) is 48.5 Å². The van der Waals surface area contributed by atoms with Gasteiger partial charge in [0.25, 0.3) is 0 Å². The van der Waals surface area contributed by atoms with Gasteiger partial charge in [0.15, 0.2) is 0 Å². The number of carbonyl (C=O) groups is 2. The third-order valence-electron chi connectivity index (χ3n) is 3.81. The topological polar surface area (TPSA) is 98.7 Å². The third-order valence-corrected chi connectivity index (χ3v) is 3.81. The van der Waals surface area contributed by atoms with E-state index in [1.165, 1.54) is 0 Å². The Morgan fingerprint density at radius 1 is 0.720 bits per heavy atom. The fraction of sp³-hybridized carbons (Fsp3) is 0.263. The SMILES string of the molecule is O=C(O)[C@@H](NCCCN[C@@H](C(=O)O)c1ccccc1)c1ccccc1. The molecule has 0 heterocycles. The van der Waals surface area contributed by atoms with Crippen LogP contribution in [0, 0.1) is 0 Å². The third kappa shape index (κ3) is 5.70. The van der Waals surface area contributed by atoms with Gasteiger partial charge in [-0.25, -0.2) is 0 Å². The number of rotatable bonds is 10. The highest BCUT2D eigenvalue weighted by molar-refractivity contribution is 5.76. The molecule has 2 aromatic rings. The summed E-state index contributed by atoms with van der Waals surface area (Å²) in [4.78, 5) is 22.8. The summed E-state index contributed by atoms with van der Waals surface area (Å²) in [5.41, 5.74) is 1.38. The Hall–Kier alpha value is -2.70. The average Bonchev–Trinajstić information content (AvgIpc) is 2.62. The largest absolute Gasteiger partial charge is 0.480 e. The van der Waals surface area contributed by atoms with Crippen molar-refractivity contribution in [3.63, 3.8) is 0 Å². The molecule has 2 aromatic carbocycles. The molecule has 132 valence electrons. The quantitative estimate of drug-likeness (QED) is 0.494. The number of aliphatic carboxylic acids is 2. The van der Waals surface area contributed by atoms with Crippen LogP contribution in [0.25, 0.3) is 0 Å². The Balaban J connectivity index is 1.81. The van der Waals surface area contributed by atoms with Gasteiger partial charge < -0.3 is 20.8 Å². The monoisotopic (exact) mass is 342 g/mol. The summed E-state index contributed by atoms with van der Waals surface area (Å²) in [6.07, 6.45) is 0.604. The first-order valence-electron chi connectivity index (χ1n) is 8.12. The van der Waals surface area contributed by atoms with Crippen LogP contribution in [0.3, 0.4) is 0 Å². The van der Waals surface area contributed by atoms with Crippen LogP contribution in [-0.4, -0.2) is 35.2 Å². The molecule has 6 heteroatoms. The highest BCUT2D eigenvalue weighted by Crippen LogP contribution is 2.14.